The smallest absolute Gasteiger partial charge is 0.748 e. The molecule has 6 heteroatoms. The third-order valence-electron chi connectivity index (χ3n) is 3.80. The molecule has 24 heavy (non-hydrogen) atoms. The average molecular weight is 381 g/mol. The van der Waals surface area contributed by atoms with Crippen LogP contribution in [0.15, 0.2) is 24.3 Å². The van der Waals surface area contributed by atoms with Gasteiger partial charge in [-0.15, -0.1) is 0 Å². The molecule has 1 aromatic carbocycles. The van der Waals surface area contributed by atoms with E-state index in [9.17, 15) is 13.0 Å². The summed E-state index contributed by atoms with van der Waals surface area (Å²) < 4.78 is 36.9. The third kappa shape index (κ3) is 13.8. The van der Waals surface area contributed by atoms with Crippen LogP contribution in [0.25, 0.3) is 0 Å². The average Bonchev–Trinajstić information content (AvgIpc) is 2.51. The molecule has 0 amide bonds. The summed E-state index contributed by atoms with van der Waals surface area (Å²) in [5.74, 6) is 0.347. The molecular formula is C18H29KO4S. The first kappa shape index (κ1) is 24.6. The molecule has 0 saturated carbocycles. The van der Waals surface area contributed by atoms with E-state index in [1.54, 1.807) is 0 Å². The molecule has 4 nitrogen and oxygen atoms in total. The van der Waals surface area contributed by atoms with Crippen molar-refractivity contribution in [2.24, 2.45) is 0 Å². The number of hydrogen-bond acceptors (Lipinski definition) is 4. The molecule has 0 bridgehead atoms. The van der Waals surface area contributed by atoms with Crippen molar-refractivity contribution in [3.8, 4) is 5.75 Å². The predicted octanol–water partition coefficient (Wildman–Crippen LogP) is 1.30. The zero-order valence-electron chi connectivity index (χ0n) is 15.1. The molecule has 0 spiro atoms. The molecular weight excluding hydrogens is 351 g/mol. The maximum atomic E-state index is 10.5. The van der Waals surface area contributed by atoms with Crippen LogP contribution in [0.4, 0.5) is 0 Å². The summed E-state index contributed by atoms with van der Waals surface area (Å²) in [6.07, 6.45) is 10.5. The van der Waals surface area contributed by atoms with Gasteiger partial charge in [-0.25, -0.2) is 8.42 Å². The van der Waals surface area contributed by atoms with E-state index in [2.05, 4.69) is 19.1 Å². The first-order chi connectivity index (χ1) is 11.0. The molecule has 1 aromatic rings. The fraction of sp³-hybridized carbons (Fsp3) is 0.667. The molecule has 0 unspecified atom stereocenters. The monoisotopic (exact) mass is 380 g/mol. The van der Waals surface area contributed by atoms with Crippen molar-refractivity contribution in [2.45, 2.75) is 64.7 Å². The van der Waals surface area contributed by atoms with Gasteiger partial charge in [0.15, 0.2) is 0 Å². The summed E-state index contributed by atoms with van der Waals surface area (Å²) in [4.78, 5) is 0. The number of benzene rings is 1. The van der Waals surface area contributed by atoms with Gasteiger partial charge in [0.1, 0.15) is 5.75 Å². The molecule has 0 atom stereocenters. The van der Waals surface area contributed by atoms with Crippen LogP contribution in [0, 0.1) is 0 Å². The number of aryl methyl sites for hydroxylation is 1. The first-order valence-electron chi connectivity index (χ1n) is 8.66. The van der Waals surface area contributed by atoms with E-state index >= 15 is 0 Å². The second-order valence-electron chi connectivity index (χ2n) is 5.98. The number of unbranched alkanes of at least 4 members (excludes halogenated alkanes) is 6. The van der Waals surface area contributed by atoms with Gasteiger partial charge in [-0.05, 0) is 37.0 Å². The Bertz CT molecular complexity index is 514. The van der Waals surface area contributed by atoms with Gasteiger partial charge >= 0.3 is 51.4 Å². The van der Waals surface area contributed by atoms with Gasteiger partial charge in [-0.2, -0.15) is 0 Å². The van der Waals surface area contributed by atoms with Crippen molar-refractivity contribution in [1.82, 2.24) is 0 Å². The van der Waals surface area contributed by atoms with E-state index in [-0.39, 0.29) is 70.2 Å². The summed E-state index contributed by atoms with van der Waals surface area (Å²) in [5.41, 5.74) is 1.30. The number of rotatable bonds is 13. The van der Waals surface area contributed by atoms with Crippen LogP contribution in [0.2, 0.25) is 0 Å². The van der Waals surface area contributed by atoms with Crippen molar-refractivity contribution in [2.75, 3.05) is 12.4 Å². The van der Waals surface area contributed by atoms with Crippen LogP contribution in [-0.2, 0) is 16.5 Å². The first-order valence-corrected chi connectivity index (χ1v) is 10.2. The van der Waals surface area contributed by atoms with Crippen LogP contribution in [-0.4, -0.2) is 25.3 Å². The summed E-state index contributed by atoms with van der Waals surface area (Å²) in [6.45, 7) is 2.48. The van der Waals surface area contributed by atoms with Gasteiger partial charge in [0.25, 0.3) is 0 Å². The predicted molar refractivity (Wildman–Crippen MR) is 92.8 cm³/mol. The van der Waals surface area contributed by atoms with Crippen molar-refractivity contribution >= 4 is 10.1 Å². The standard InChI is InChI=1S/C18H30O4S.K/c1-2-3-4-5-6-7-8-10-17-11-13-18(14-12-17)22-15-9-16-23(19,20)21;/h11-14H,2-10,15-16H2,1H3,(H,19,20,21);/q;+1/p-1. The summed E-state index contributed by atoms with van der Waals surface area (Å²) >= 11 is 0. The minimum absolute atomic E-state index is 0. The molecule has 0 N–H and O–H groups in total. The van der Waals surface area contributed by atoms with Gasteiger partial charge in [0.05, 0.1) is 16.7 Å². The van der Waals surface area contributed by atoms with Crippen molar-refractivity contribution < 1.29 is 69.1 Å². The second kappa shape index (κ2) is 14.7. The maximum Gasteiger partial charge on any atom is 1.00 e. The van der Waals surface area contributed by atoms with E-state index < -0.39 is 10.1 Å². The van der Waals surface area contributed by atoms with Gasteiger partial charge in [0.2, 0.25) is 0 Å². The van der Waals surface area contributed by atoms with E-state index in [4.69, 9.17) is 4.74 Å². The van der Waals surface area contributed by atoms with Gasteiger partial charge in [-0.3, -0.25) is 0 Å². The van der Waals surface area contributed by atoms with Crippen molar-refractivity contribution in [1.29, 1.82) is 0 Å². The zero-order chi connectivity index (χ0) is 17.0. The molecule has 0 aliphatic rings. The Hall–Kier alpha value is 0.566. The molecule has 0 aliphatic heterocycles. The molecule has 0 radical (unpaired) electrons. The van der Waals surface area contributed by atoms with Crippen molar-refractivity contribution in [3.63, 3.8) is 0 Å². The maximum absolute atomic E-state index is 10.5. The Morgan fingerprint density at radius 2 is 1.50 bits per heavy atom. The molecule has 0 fully saturated rings. The molecule has 0 heterocycles. The van der Waals surface area contributed by atoms with Gasteiger partial charge < -0.3 is 9.29 Å². The van der Waals surface area contributed by atoms with Crippen LogP contribution >= 0.6 is 0 Å². The van der Waals surface area contributed by atoms with E-state index in [0.29, 0.717) is 0 Å². The topological polar surface area (TPSA) is 66.4 Å². The third-order valence-corrected chi connectivity index (χ3v) is 4.59. The van der Waals surface area contributed by atoms with Crippen molar-refractivity contribution in [3.05, 3.63) is 29.8 Å². The zero-order valence-corrected chi connectivity index (χ0v) is 19.1. The SMILES string of the molecule is CCCCCCCCCc1ccc(OCCCS(=O)(=O)[O-])cc1.[K+]. The van der Waals surface area contributed by atoms with Crippen LogP contribution < -0.4 is 56.1 Å². The molecule has 1 rings (SSSR count). The van der Waals surface area contributed by atoms with Gasteiger partial charge in [-0.1, -0.05) is 57.6 Å². The number of hydrogen-bond donors (Lipinski definition) is 0. The Kier molecular flexibility index (Phi) is 15.1. The van der Waals surface area contributed by atoms with Crippen LogP contribution in [0.1, 0.15) is 63.9 Å². The summed E-state index contributed by atoms with van der Waals surface area (Å²) in [6, 6.07) is 7.91. The Balaban J connectivity index is 0.00000529. The fourth-order valence-corrected chi connectivity index (χ4v) is 2.94. The Morgan fingerprint density at radius 1 is 0.917 bits per heavy atom. The van der Waals surface area contributed by atoms with Crippen LogP contribution in [0.3, 0.4) is 0 Å². The van der Waals surface area contributed by atoms with E-state index in [0.717, 1.165) is 12.2 Å². The van der Waals surface area contributed by atoms with E-state index in [1.807, 2.05) is 12.1 Å². The second-order valence-corrected chi connectivity index (χ2v) is 7.50. The Morgan fingerprint density at radius 3 is 2.08 bits per heavy atom. The fourth-order valence-electron chi connectivity index (χ4n) is 2.46. The normalized spacial score (nSPS) is 11.1. The molecule has 132 valence electrons. The minimum Gasteiger partial charge on any atom is -0.748 e. The van der Waals surface area contributed by atoms with Gasteiger partial charge in [0, 0.05) is 5.75 Å². The minimum atomic E-state index is -4.14. The number of ether oxygens (including phenoxy) is 1. The largest absolute Gasteiger partial charge is 1.00 e. The van der Waals surface area contributed by atoms with E-state index in [1.165, 1.54) is 50.5 Å². The molecule has 0 aromatic heterocycles. The molecule has 0 saturated heterocycles. The summed E-state index contributed by atoms with van der Waals surface area (Å²) in [7, 11) is -4.14. The quantitative estimate of drug-likeness (QED) is 0.294. The Labute approximate surface area is 189 Å². The van der Waals surface area contributed by atoms with Crippen LogP contribution in [0.5, 0.6) is 5.75 Å². The molecule has 0 aliphatic carbocycles. The summed E-state index contributed by atoms with van der Waals surface area (Å²) in [5, 5.41) is 0.